The first-order valence-electron chi connectivity index (χ1n) is 12.0. The number of likely N-dealkylation sites (tertiary alicyclic amines) is 1. The Kier molecular flexibility index (Phi) is 7.53. The summed E-state index contributed by atoms with van der Waals surface area (Å²) in [5, 5.41) is 0. The highest BCUT2D eigenvalue weighted by Gasteiger charge is 2.47. The Hall–Kier alpha value is -0.910. The van der Waals surface area contributed by atoms with Crippen molar-refractivity contribution >= 4 is 21.8 Å². The van der Waals surface area contributed by atoms with E-state index in [1.807, 2.05) is 12.1 Å². The van der Waals surface area contributed by atoms with Crippen molar-refractivity contribution in [1.82, 2.24) is 9.80 Å². The van der Waals surface area contributed by atoms with Crippen molar-refractivity contribution in [2.75, 3.05) is 26.2 Å². The molecular formula is C25H37BrN2O2. The maximum Gasteiger partial charge on any atom is 0.227 e. The number of hydrogen-bond acceptors (Lipinski definition) is 3. The first-order valence-corrected chi connectivity index (χ1v) is 12.8. The molecule has 0 N–H and O–H groups in total. The number of carbonyl (C=O) groups is 1. The van der Waals surface area contributed by atoms with Crippen LogP contribution in [0.4, 0.5) is 0 Å². The fraction of sp³-hybridized carbons (Fsp3) is 0.720. The van der Waals surface area contributed by atoms with E-state index in [1.54, 1.807) is 0 Å². The van der Waals surface area contributed by atoms with E-state index in [2.05, 4.69) is 44.8 Å². The minimum atomic E-state index is 0.0733. The van der Waals surface area contributed by atoms with Crippen molar-refractivity contribution in [1.29, 1.82) is 0 Å². The van der Waals surface area contributed by atoms with Crippen LogP contribution in [-0.4, -0.2) is 59.6 Å². The van der Waals surface area contributed by atoms with Gasteiger partial charge in [-0.15, -0.1) is 0 Å². The number of nitrogens with zero attached hydrogens (tertiary/aromatic N) is 2. The highest BCUT2D eigenvalue weighted by Crippen LogP contribution is 2.43. The Morgan fingerprint density at radius 2 is 2.07 bits per heavy atom. The largest absolute Gasteiger partial charge is 0.375 e. The topological polar surface area (TPSA) is 32.8 Å². The van der Waals surface area contributed by atoms with Gasteiger partial charge in [0.05, 0.1) is 12.0 Å². The fourth-order valence-electron chi connectivity index (χ4n) is 5.96. The lowest BCUT2D eigenvalue weighted by Gasteiger charge is -2.51. The van der Waals surface area contributed by atoms with Crippen LogP contribution in [0.25, 0.3) is 0 Å². The van der Waals surface area contributed by atoms with Crippen molar-refractivity contribution in [3.8, 4) is 0 Å². The fourth-order valence-corrected chi connectivity index (χ4v) is 6.41. The molecule has 0 bridgehead atoms. The van der Waals surface area contributed by atoms with Gasteiger partial charge in [-0.2, -0.15) is 0 Å². The van der Waals surface area contributed by atoms with Gasteiger partial charge in [-0.1, -0.05) is 41.4 Å². The molecule has 2 saturated heterocycles. The van der Waals surface area contributed by atoms with Gasteiger partial charge in [-0.3, -0.25) is 9.69 Å². The van der Waals surface area contributed by atoms with E-state index in [4.69, 9.17) is 4.74 Å². The zero-order chi connectivity index (χ0) is 21.0. The Bertz CT molecular complexity index is 713. The van der Waals surface area contributed by atoms with Gasteiger partial charge in [0.25, 0.3) is 0 Å². The lowest BCUT2D eigenvalue weighted by atomic mass is 9.75. The van der Waals surface area contributed by atoms with Gasteiger partial charge in [0.2, 0.25) is 5.91 Å². The van der Waals surface area contributed by atoms with Crippen LogP contribution < -0.4 is 0 Å². The molecule has 1 aromatic carbocycles. The van der Waals surface area contributed by atoms with Gasteiger partial charge < -0.3 is 9.64 Å². The van der Waals surface area contributed by atoms with Crippen molar-refractivity contribution in [3.05, 3.63) is 34.3 Å². The van der Waals surface area contributed by atoms with Gasteiger partial charge in [0.1, 0.15) is 0 Å². The molecule has 1 spiro atoms. The highest BCUT2D eigenvalue weighted by atomic mass is 79.9. The SMILES string of the molecule is CCCN(C(=O)Cc1cccc(Br)c1)C1CCC2(CCCO2)CC1N1CCCCC1. The standard InChI is InChI=1S/C25H37BrN2O2/c1-2-13-28(24(29)18-20-8-6-9-21(26)17-20)22-10-12-25(11-7-16-30-25)19-23(22)27-14-4-3-5-15-27/h6,8-9,17,22-23H,2-5,7,10-16,18-19H2,1H3. The number of hydrogen-bond donors (Lipinski definition) is 0. The summed E-state index contributed by atoms with van der Waals surface area (Å²) in [5.74, 6) is 0.283. The molecule has 1 amide bonds. The second-order valence-corrected chi connectivity index (χ2v) is 10.4. The normalized spacial score (nSPS) is 29.9. The molecule has 2 heterocycles. The van der Waals surface area contributed by atoms with Crippen LogP contribution in [0.2, 0.25) is 0 Å². The molecule has 4 rings (SSSR count). The highest BCUT2D eigenvalue weighted by molar-refractivity contribution is 9.10. The number of piperidine rings is 1. The predicted octanol–water partition coefficient (Wildman–Crippen LogP) is 5.19. The summed E-state index contributed by atoms with van der Waals surface area (Å²) in [7, 11) is 0. The van der Waals surface area contributed by atoms with E-state index in [9.17, 15) is 4.79 Å². The average Bonchev–Trinajstić information content (AvgIpc) is 3.21. The molecule has 1 aromatic rings. The molecule has 5 heteroatoms. The van der Waals surface area contributed by atoms with Crippen LogP contribution >= 0.6 is 15.9 Å². The number of benzene rings is 1. The minimum absolute atomic E-state index is 0.0733. The van der Waals surface area contributed by atoms with E-state index in [-0.39, 0.29) is 11.5 Å². The van der Waals surface area contributed by atoms with Crippen molar-refractivity contribution < 1.29 is 9.53 Å². The van der Waals surface area contributed by atoms with E-state index in [1.165, 1.54) is 45.2 Å². The third kappa shape index (κ3) is 5.11. The second kappa shape index (κ2) is 10.1. The molecule has 1 saturated carbocycles. The summed E-state index contributed by atoms with van der Waals surface area (Å²) in [5.41, 5.74) is 1.17. The summed E-state index contributed by atoms with van der Waals surface area (Å²) in [6.45, 7) is 6.32. The van der Waals surface area contributed by atoms with E-state index in [0.717, 1.165) is 48.9 Å². The molecule has 166 valence electrons. The minimum Gasteiger partial charge on any atom is -0.375 e. The van der Waals surface area contributed by atoms with Gasteiger partial charge in [0, 0.05) is 29.7 Å². The maximum absolute atomic E-state index is 13.5. The predicted molar refractivity (Wildman–Crippen MR) is 125 cm³/mol. The first kappa shape index (κ1) is 22.3. The molecule has 0 aromatic heterocycles. The quantitative estimate of drug-likeness (QED) is 0.566. The van der Waals surface area contributed by atoms with Gasteiger partial charge in [0.15, 0.2) is 0 Å². The summed E-state index contributed by atoms with van der Waals surface area (Å²) in [6.07, 6.45) is 11.1. The van der Waals surface area contributed by atoms with Crippen molar-refractivity contribution in [2.24, 2.45) is 0 Å². The Morgan fingerprint density at radius 3 is 2.77 bits per heavy atom. The monoisotopic (exact) mass is 476 g/mol. The summed E-state index contributed by atoms with van der Waals surface area (Å²) < 4.78 is 7.37. The Morgan fingerprint density at radius 1 is 1.23 bits per heavy atom. The average molecular weight is 477 g/mol. The number of halogens is 1. The molecule has 1 aliphatic carbocycles. The van der Waals surface area contributed by atoms with Gasteiger partial charge >= 0.3 is 0 Å². The third-order valence-electron chi connectivity index (χ3n) is 7.40. The van der Waals surface area contributed by atoms with Crippen LogP contribution in [0, 0.1) is 0 Å². The smallest absolute Gasteiger partial charge is 0.227 e. The van der Waals surface area contributed by atoms with E-state index >= 15 is 0 Å². The van der Waals surface area contributed by atoms with Crippen molar-refractivity contribution in [3.63, 3.8) is 0 Å². The van der Waals surface area contributed by atoms with Crippen LogP contribution in [0.15, 0.2) is 28.7 Å². The molecule has 30 heavy (non-hydrogen) atoms. The number of amides is 1. The van der Waals surface area contributed by atoms with Crippen LogP contribution in [0.1, 0.15) is 70.3 Å². The molecule has 3 unspecified atom stereocenters. The van der Waals surface area contributed by atoms with Crippen LogP contribution in [-0.2, 0) is 16.0 Å². The van der Waals surface area contributed by atoms with Gasteiger partial charge in [-0.05, 0) is 82.2 Å². The number of ether oxygens (including phenoxy) is 1. The molecular weight excluding hydrogens is 440 g/mol. The van der Waals surface area contributed by atoms with E-state index in [0.29, 0.717) is 18.5 Å². The Balaban J connectivity index is 1.54. The maximum atomic E-state index is 13.5. The van der Waals surface area contributed by atoms with Crippen LogP contribution in [0.3, 0.4) is 0 Å². The molecule has 4 nitrogen and oxygen atoms in total. The molecule has 0 radical (unpaired) electrons. The third-order valence-corrected chi connectivity index (χ3v) is 7.89. The molecule has 3 aliphatic rings. The zero-order valence-corrected chi connectivity index (χ0v) is 20.0. The first-order chi connectivity index (χ1) is 14.6. The summed E-state index contributed by atoms with van der Waals surface area (Å²) >= 11 is 3.55. The number of carbonyl (C=O) groups excluding carboxylic acids is 1. The molecule has 3 atom stereocenters. The van der Waals surface area contributed by atoms with E-state index < -0.39 is 0 Å². The second-order valence-electron chi connectivity index (χ2n) is 9.50. The molecule has 2 aliphatic heterocycles. The number of rotatable bonds is 6. The zero-order valence-electron chi connectivity index (χ0n) is 18.5. The lowest BCUT2D eigenvalue weighted by molar-refractivity contribution is -0.139. The lowest BCUT2D eigenvalue weighted by Crippen LogP contribution is -2.60. The summed E-state index contributed by atoms with van der Waals surface area (Å²) in [4.78, 5) is 18.5. The molecule has 3 fully saturated rings. The summed E-state index contributed by atoms with van der Waals surface area (Å²) in [6, 6.07) is 8.94. The van der Waals surface area contributed by atoms with Gasteiger partial charge in [-0.25, -0.2) is 0 Å². The Labute approximate surface area is 190 Å². The van der Waals surface area contributed by atoms with Crippen molar-refractivity contribution in [2.45, 2.75) is 88.8 Å². The van der Waals surface area contributed by atoms with Crippen LogP contribution in [0.5, 0.6) is 0 Å².